The van der Waals surface area contributed by atoms with Gasteiger partial charge in [0.25, 0.3) is 5.91 Å². The average molecular weight is 345 g/mol. The number of benzene rings is 1. The highest BCUT2D eigenvalue weighted by atomic mass is 32.1. The topological polar surface area (TPSA) is 64.6 Å². The summed E-state index contributed by atoms with van der Waals surface area (Å²) in [5.41, 5.74) is 2.20. The zero-order chi connectivity index (χ0) is 16.9. The lowest BCUT2D eigenvalue weighted by atomic mass is 10.2. The van der Waals surface area contributed by atoms with Crippen molar-refractivity contribution in [2.75, 3.05) is 13.7 Å². The number of esters is 1. The number of nitrogens with one attached hydrogen (secondary N) is 1. The Bertz CT molecular complexity index is 714. The fraction of sp³-hybridized carbons (Fsp3) is 0.333. The van der Waals surface area contributed by atoms with Gasteiger partial charge in [-0.1, -0.05) is 12.1 Å². The molecule has 126 valence electrons. The average Bonchev–Trinajstić information content (AvgIpc) is 3.20. The summed E-state index contributed by atoms with van der Waals surface area (Å²) in [6.07, 6.45) is 3.22. The fourth-order valence-corrected chi connectivity index (χ4v) is 3.77. The maximum atomic E-state index is 12.0. The number of ether oxygens (including phenoxy) is 2. The van der Waals surface area contributed by atoms with Gasteiger partial charge in [0.05, 0.1) is 7.11 Å². The highest BCUT2D eigenvalue weighted by Crippen LogP contribution is 2.30. The van der Waals surface area contributed by atoms with E-state index in [1.165, 1.54) is 21.8 Å². The fourth-order valence-electron chi connectivity index (χ4n) is 2.63. The van der Waals surface area contributed by atoms with Gasteiger partial charge in [0.15, 0.2) is 6.61 Å². The van der Waals surface area contributed by atoms with E-state index in [1.807, 2.05) is 30.3 Å². The van der Waals surface area contributed by atoms with Crippen molar-refractivity contribution < 1.29 is 19.1 Å². The summed E-state index contributed by atoms with van der Waals surface area (Å²) in [6, 6.07) is 9.30. The molecule has 6 heteroatoms. The Labute approximate surface area is 144 Å². The maximum absolute atomic E-state index is 12.0. The molecule has 1 aliphatic rings. The summed E-state index contributed by atoms with van der Waals surface area (Å²) < 4.78 is 10.2. The molecule has 0 aliphatic heterocycles. The van der Waals surface area contributed by atoms with Crippen LogP contribution in [0.15, 0.2) is 30.3 Å². The van der Waals surface area contributed by atoms with E-state index in [2.05, 4.69) is 5.32 Å². The third-order valence-electron chi connectivity index (χ3n) is 3.93. The van der Waals surface area contributed by atoms with Crippen molar-refractivity contribution >= 4 is 23.2 Å². The van der Waals surface area contributed by atoms with E-state index in [-0.39, 0.29) is 12.5 Å². The molecule has 0 bridgehead atoms. The standard InChI is InChI=1S/C18H19NO4S/c1-22-14-7-5-12(6-8-14)10-19-17(20)11-23-18(21)16-9-13-3-2-4-15(13)24-16/h5-9H,2-4,10-11H2,1H3,(H,19,20). The number of rotatable bonds is 6. The van der Waals surface area contributed by atoms with Gasteiger partial charge in [-0.25, -0.2) is 4.79 Å². The van der Waals surface area contributed by atoms with Crippen LogP contribution in [0.1, 0.15) is 32.1 Å². The Morgan fingerprint density at radius 1 is 1.21 bits per heavy atom. The Kier molecular flexibility index (Phi) is 5.15. The molecular formula is C18H19NO4S. The molecule has 0 radical (unpaired) electrons. The van der Waals surface area contributed by atoms with E-state index in [9.17, 15) is 9.59 Å². The Balaban J connectivity index is 1.43. The first-order chi connectivity index (χ1) is 11.7. The molecule has 0 unspecified atom stereocenters. The van der Waals surface area contributed by atoms with Gasteiger partial charge in [-0.3, -0.25) is 4.79 Å². The largest absolute Gasteiger partial charge is 0.497 e. The molecule has 5 nitrogen and oxygen atoms in total. The van der Waals surface area contributed by atoms with Gasteiger partial charge in [0, 0.05) is 11.4 Å². The number of aryl methyl sites for hydroxylation is 2. The van der Waals surface area contributed by atoms with Crippen LogP contribution in [-0.2, 0) is 28.9 Å². The molecule has 0 spiro atoms. The lowest BCUT2D eigenvalue weighted by Crippen LogP contribution is -2.28. The summed E-state index contributed by atoms with van der Waals surface area (Å²) in [4.78, 5) is 25.7. The lowest BCUT2D eigenvalue weighted by molar-refractivity contribution is -0.124. The third-order valence-corrected chi connectivity index (χ3v) is 5.15. The molecule has 0 saturated carbocycles. The van der Waals surface area contributed by atoms with Crippen LogP contribution >= 0.6 is 11.3 Å². The molecule has 1 heterocycles. The van der Waals surface area contributed by atoms with Gasteiger partial charge in [0.1, 0.15) is 10.6 Å². The number of fused-ring (bicyclic) bond motifs is 1. The summed E-state index contributed by atoms with van der Waals surface area (Å²) in [7, 11) is 1.60. The Morgan fingerprint density at radius 3 is 2.71 bits per heavy atom. The van der Waals surface area contributed by atoms with E-state index < -0.39 is 5.97 Å². The molecule has 3 rings (SSSR count). The van der Waals surface area contributed by atoms with Gasteiger partial charge in [-0.05, 0) is 48.6 Å². The van der Waals surface area contributed by atoms with Gasteiger partial charge in [0.2, 0.25) is 0 Å². The number of thiophene rings is 1. The van der Waals surface area contributed by atoms with Gasteiger partial charge in [-0.15, -0.1) is 11.3 Å². The summed E-state index contributed by atoms with van der Waals surface area (Å²) in [6.45, 7) is 0.116. The second-order valence-electron chi connectivity index (χ2n) is 5.61. The van der Waals surface area contributed by atoms with Crippen molar-refractivity contribution in [3.8, 4) is 5.75 Å². The van der Waals surface area contributed by atoms with E-state index in [0.29, 0.717) is 11.4 Å². The lowest BCUT2D eigenvalue weighted by Gasteiger charge is -2.07. The molecule has 0 saturated heterocycles. The predicted molar refractivity (Wildman–Crippen MR) is 91.5 cm³/mol. The Hall–Kier alpha value is -2.34. The van der Waals surface area contributed by atoms with Crippen molar-refractivity contribution in [2.24, 2.45) is 0 Å². The summed E-state index contributed by atoms with van der Waals surface area (Å²) in [5, 5.41) is 2.73. The number of carbonyl (C=O) groups excluding carboxylic acids is 2. The van der Waals surface area contributed by atoms with Gasteiger partial charge in [-0.2, -0.15) is 0 Å². The van der Waals surface area contributed by atoms with Crippen LogP contribution in [0.25, 0.3) is 0 Å². The van der Waals surface area contributed by atoms with Crippen LogP contribution in [0.2, 0.25) is 0 Å². The minimum Gasteiger partial charge on any atom is -0.497 e. The van der Waals surface area contributed by atoms with Crippen LogP contribution in [-0.4, -0.2) is 25.6 Å². The number of carbonyl (C=O) groups is 2. The SMILES string of the molecule is COc1ccc(CNC(=O)COC(=O)c2cc3c(s2)CCC3)cc1. The first-order valence-corrected chi connectivity index (χ1v) is 8.65. The van der Waals surface area contributed by atoms with E-state index in [1.54, 1.807) is 7.11 Å². The van der Waals surface area contributed by atoms with E-state index in [4.69, 9.17) is 9.47 Å². The normalized spacial score (nSPS) is 12.5. The molecule has 1 aromatic carbocycles. The van der Waals surface area contributed by atoms with Crippen LogP contribution in [0.5, 0.6) is 5.75 Å². The minimum atomic E-state index is -0.422. The predicted octanol–water partition coefficient (Wildman–Crippen LogP) is 2.72. The number of methoxy groups -OCH3 is 1. The van der Waals surface area contributed by atoms with E-state index in [0.717, 1.165) is 30.6 Å². The summed E-state index contributed by atoms with van der Waals surface area (Å²) in [5.74, 6) is 0.0270. The smallest absolute Gasteiger partial charge is 0.348 e. The van der Waals surface area contributed by atoms with Crippen LogP contribution in [0.4, 0.5) is 0 Å². The molecule has 1 aliphatic carbocycles. The second kappa shape index (κ2) is 7.49. The molecule has 24 heavy (non-hydrogen) atoms. The zero-order valence-corrected chi connectivity index (χ0v) is 14.3. The highest BCUT2D eigenvalue weighted by Gasteiger charge is 2.19. The second-order valence-corrected chi connectivity index (χ2v) is 6.75. The van der Waals surface area contributed by atoms with Crippen molar-refractivity contribution in [2.45, 2.75) is 25.8 Å². The van der Waals surface area contributed by atoms with Crippen molar-refractivity contribution in [3.63, 3.8) is 0 Å². The van der Waals surface area contributed by atoms with Crippen molar-refractivity contribution in [1.29, 1.82) is 0 Å². The molecular weight excluding hydrogens is 326 g/mol. The van der Waals surface area contributed by atoms with Crippen molar-refractivity contribution in [1.82, 2.24) is 5.32 Å². The van der Waals surface area contributed by atoms with Crippen LogP contribution in [0.3, 0.4) is 0 Å². The number of hydrogen-bond acceptors (Lipinski definition) is 5. The van der Waals surface area contributed by atoms with Gasteiger partial charge < -0.3 is 14.8 Å². The van der Waals surface area contributed by atoms with Crippen molar-refractivity contribution in [3.05, 3.63) is 51.2 Å². The monoisotopic (exact) mass is 345 g/mol. The first kappa shape index (κ1) is 16.5. The number of amides is 1. The van der Waals surface area contributed by atoms with Gasteiger partial charge >= 0.3 is 5.97 Å². The minimum absolute atomic E-state index is 0.266. The molecule has 1 aromatic heterocycles. The molecule has 2 aromatic rings. The summed E-state index contributed by atoms with van der Waals surface area (Å²) >= 11 is 1.48. The zero-order valence-electron chi connectivity index (χ0n) is 13.5. The van der Waals surface area contributed by atoms with Crippen LogP contribution in [0, 0.1) is 0 Å². The Morgan fingerprint density at radius 2 is 2.00 bits per heavy atom. The first-order valence-electron chi connectivity index (χ1n) is 7.84. The molecule has 1 amide bonds. The number of hydrogen-bond donors (Lipinski definition) is 1. The van der Waals surface area contributed by atoms with Crippen LogP contribution < -0.4 is 10.1 Å². The van der Waals surface area contributed by atoms with E-state index >= 15 is 0 Å². The molecule has 0 atom stereocenters. The molecule has 0 fully saturated rings. The third kappa shape index (κ3) is 3.94. The quantitative estimate of drug-likeness (QED) is 0.818. The molecule has 1 N–H and O–H groups in total. The maximum Gasteiger partial charge on any atom is 0.348 e. The highest BCUT2D eigenvalue weighted by molar-refractivity contribution is 7.14.